The largest absolute Gasteiger partial charge is 0.396 e. The Bertz CT molecular complexity index is 178. The highest BCUT2D eigenvalue weighted by Crippen LogP contribution is 2.00. The number of nitrogens with two attached hydrogens (primary N) is 1. The molecule has 0 radical (unpaired) electrons. The van der Waals surface area contributed by atoms with Crippen molar-refractivity contribution in [2.45, 2.75) is 19.4 Å². The van der Waals surface area contributed by atoms with Crippen LogP contribution in [0.3, 0.4) is 0 Å². The van der Waals surface area contributed by atoms with Gasteiger partial charge >= 0.3 is 5.97 Å². The third-order valence-electron chi connectivity index (χ3n) is 1.30. The first-order valence-electron chi connectivity index (χ1n) is 3.50. The first kappa shape index (κ1) is 11.1. The van der Waals surface area contributed by atoms with Gasteiger partial charge in [-0.1, -0.05) is 0 Å². The zero-order chi connectivity index (χ0) is 9.56. The Labute approximate surface area is 70.4 Å². The predicted octanol–water partition coefficient (Wildman–Crippen LogP) is -0.907. The third-order valence-corrected chi connectivity index (χ3v) is 1.30. The minimum absolute atomic E-state index is 0.136. The van der Waals surface area contributed by atoms with E-state index in [0.29, 0.717) is 0 Å². The van der Waals surface area contributed by atoms with Crippen LogP contribution in [0.5, 0.6) is 0 Å². The molecule has 0 aliphatic heterocycles. The van der Waals surface area contributed by atoms with Gasteiger partial charge in [0.1, 0.15) is 0 Å². The van der Waals surface area contributed by atoms with Gasteiger partial charge in [0.15, 0.2) is 0 Å². The van der Waals surface area contributed by atoms with Gasteiger partial charge in [-0.2, -0.15) is 5.90 Å². The molecule has 5 nitrogen and oxygen atoms in total. The maximum atomic E-state index is 10.7. The molecule has 0 spiro atoms. The highest BCUT2D eigenvalue weighted by molar-refractivity contribution is 5.87. The average Bonchev–Trinajstić information content (AvgIpc) is 2.03. The second-order valence-electron chi connectivity index (χ2n) is 2.33. The maximum Gasteiger partial charge on any atom is 0.351 e. The lowest BCUT2D eigenvalue weighted by Gasteiger charge is -2.03. The summed E-state index contributed by atoms with van der Waals surface area (Å²) in [6.07, 6.45) is 0.634. The topological polar surface area (TPSA) is 92.8 Å². The van der Waals surface area contributed by atoms with E-state index in [2.05, 4.69) is 10.7 Å². The Morgan fingerprint density at radius 3 is 2.75 bits per heavy atom. The van der Waals surface area contributed by atoms with Crippen LogP contribution in [-0.2, 0) is 9.63 Å². The second kappa shape index (κ2) is 5.70. The van der Waals surface area contributed by atoms with Gasteiger partial charge in [-0.15, -0.1) is 0 Å². The van der Waals surface area contributed by atoms with Crippen molar-refractivity contribution in [3.63, 3.8) is 0 Å². The molecule has 0 heterocycles. The summed E-state index contributed by atoms with van der Waals surface area (Å²) in [6.45, 7) is 1.33. The molecule has 4 N–H and O–H groups in total. The molecule has 0 aliphatic rings. The fraction of sp³-hybridized carbons (Fsp3) is 0.571. The zero-order valence-corrected chi connectivity index (χ0v) is 6.86. The van der Waals surface area contributed by atoms with Crippen molar-refractivity contribution >= 4 is 5.97 Å². The quantitative estimate of drug-likeness (QED) is 0.380. The summed E-state index contributed by atoms with van der Waals surface area (Å²) < 4.78 is 0. The fourth-order valence-corrected chi connectivity index (χ4v) is 0.665. The van der Waals surface area contributed by atoms with Crippen molar-refractivity contribution in [2.75, 3.05) is 6.61 Å². The van der Waals surface area contributed by atoms with Gasteiger partial charge in [-0.05, 0) is 13.0 Å². The Kier molecular flexibility index (Phi) is 5.27. The average molecular weight is 175 g/mol. The van der Waals surface area contributed by atoms with E-state index in [9.17, 15) is 4.79 Å². The third kappa shape index (κ3) is 4.07. The molecule has 12 heavy (non-hydrogen) atoms. The van der Waals surface area contributed by atoms with Gasteiger partial charge in [0.2, 0.25) is 0 Å². The molecule has 0 aromatic heterocycles. The van der Waals surface area contributed by atoms with Crippen LogP contribution in [0, 0.1) is 0 Å². The van der Waals surface area contributed by atoms with Crippen molar-refractivity contribution in [1.29, 1.82) is 0 Å². The lowest BCUT2D eigenvalue weighted by atomic mass is 10.2. The molecule has 1 unspecified atom stereocenters. The van der Waals surface area contributed by atoms with Crippen LogP contribution in [0.25, 0.3) is 0 Å². The van der Waals surface area contributed by atoms with Crippen LogP contribution in [-0.4, -0.2) is 28.9 Å². The summed E-state index contributed by atoms with van der Waals surface area (Å²) >= 11 is 0. The lowest BCUT2D eigenvalue weighted by molar-refractivity contribution is -0.139. The normalized spacial score (nSPS) is 14.2. The molecule has 5 heteroatoms. The first-order valence-corrected chi connectivity index (χ1v) is 3.50. The van der Waals surface area contributed by atoms with Crippen molar-refractivity contribution in [3.05, 3.63) is 11.6 Å². The number of carbonyl (C=O) groups is 1. The van der Waals surface area contributed by atoms with E-state index in [1.54, 1.807) is 0 Å². The van der Waals surface area contributed by atoms with Crippen molar-refractivity contribution < 1.29 is 19.8 Å². The first-order chi connectivity index (χ1) is 5.61. The van der Waals surface area contributed by atoms with Crippen LogP contribution in [0.1, 0.15) is 13.3 Å². The number of aliphatic hydroxyl groups is 2. The highest BCUT2D eigenvalue weighted by Gasteiger charge is 2.06. The molecule has 0 fully saturated rings. The Morgan fingerprint density at radius 2 is 2.33 bits per heavy atom. The van der Waals surface area contributed by atoms with E-state index >= 15 is 0 Å². The minimum atomic E-state index is -0.839. The van der Waals surface area contributed by atoms with E-state index in [1.165, 1.54) is 13.0 Å². The van der Waals surface area contributed by atoms with Crippen molar-refractivity contribution in [1.82, 2.24) is 0 Å². The van der Waals surface area contributed by atoms with Crippen LogP contribution in [0.4, 0.5) is 0 Å². The van der Waals surface area contributed by atoms with Gasteiger partial charge in [0.25, 0.3) is 0 Å². The molecule has 0 amide bonds. The Balaban J connectivity index is 4.05. The SMILES string of the molecule is CC(=CC(O)CCO)C(=O)ON. The zero-order valence-electron chi connectivity index (χ0n) is 6.86. The predicted molar refractivity (Wildman–Crippen MR) is 41.7 cm³/mol. The molecule has 0 rings (SSSR count). The van der Waals surface area contributed by atoms with Gasteiger partial charge in [-0.3, -0.25) is 0 Å². The van der Waals surface area contributed by atoms with E-state index < -0.39 is 12.1 Å². The van der Waals surface area contributed by atoms with Crippen LogP contribution in [0.2, 0.25) is 0 Å². The van der Waals surface area contributed by atoms with Gasteiger partial charge in [-0.25, -0.2) is 4.79 Å². The summed E-state index contributed by atoms with van der Waals surface area (Å²) in [5, 5.41) is 17.5. The maximum absolute atomic E-state index is 10.7. The Morgan fingerprint density at radius 1 is 1.75 bits per heavy atom. The molecule has 0 aromatic carbocycles. The van der Waals surface area contributed by atoms with Gasteiger partial charge in [0.05, 0.1) is 6.10 Å². The molecule has 0 saturated heterocycles. The fourth-order valence-electron chi connectivity index (χ4n) is 0.665. The minimum Gasteiger partial charge on any atom is -0.396 e. The van der Waals surface area contributed by atoms with Gasteiger partial charge < -0.3 is 15.1 Å². The number of carbonyl (C=O) groups excluding carboxylic acids is 1. The molecular weight excluding hydrogens is 162 g/mol. The summed E-state index contributed by atoms with van der Waals surface area (Å²) in [7, 11) is 0. The summed E-state index contributed by atoms with van der Waals surface area (Å²) in [5.41, 5.74) is 0.221. The lowest BCUT2D eigenvalue weighted by Crippen LogP contribution is -2.13. The molecule has 0 bridgehead atoms. The van der Waals surface area contributed by atoms with Crippen LogP contribution >= 0.6 is 0 Å². The van der Waals surface area contributed by atoms with Gasteiger partial charge in [0, 0.05) is 18.6 Å². The molecule has 70 valence electrons. The summed E-state index contributed by atoms with van der Waals surface area (Å²) in [5.74, 6) is 3.91. The number of hydrogen-bond acceptors (Lipinski definition) is 5. The smallest absolute Gasteiger partial charge is 0.351 e. The second-order valence-corrected chi connectivity index (χ2v) is 2.33. The number of aliphatic hydroxyl groups excluding tert-OH is 2. The molecular formula is C7H13NO4. The molecule has 0 aromatic rings. The van der Waals surface area contributed by atoms with Crippen molar-refractivity contribution in [3.8, 4) is 0 Å². The number of hydrogen-bond donors (Lipinski definition) is 3. The van der Waals surface area contributed by atoms with E-state index in [1.807, 2.05) is 0 Å². The summed E-state index contributed by atoms with van der Waals surface area (Å²) in [6, 6.07) is 0. The number of rotatable bonds is 4. The van der Waals surface area contributed by atoms with E-state index in [4.69, 9.17) is 10.2 Å². The van der Waals surface area contributed by atoms with E-state index in [-0.39, 0.29) is 18.6 Å². The molecule has 0 saturated carbocycles. The van der Waals surface area contributed by atoms with Crippen LogP contribution < -0.4 is 5.90 Å². The monoisotopic (exact) mass is 175 g/mol. The standard InChI is InChI=1S/C7H13NO4/c1-5(7(11)12-8)4-6(10)2-3-9/h4,6,9-10H,2-3,8H2,1H3. The highest BCUT2D eigenvalue weighted by atomic mass is 16.7. The van der Waals surface area contributed by atoms with E-state index in [0.717, 1.165) is 0 Å². The van der Waals surface area contributed by atoms with Crippen LogP contribution in [0.15, 0.2) is 11.6 Å². The van der Waals surface area contributed by atoms with Crippen molar-refractivity contribution in [2.24, 2.45) is 5.90 Å². The molecule has 0 aliphatic carbocycles. The molecule has 1 atom stereocenters. The summed E-state index contributed by atoms with van der Waals surface area (Å²) in [4.78, 5) is 14.6. The Hall–Kier alpha value is -0.910.